The summed E-state index contributed by atoms with van der Waals surface area (Å²) in [7, 11) is 1.47. The minimum Gasteiger partial charge on any atom is -0.462 e. The predicted molar refractivity (Wildman–Crippen MR) is 321 cm³/mol. The van der Waals surface area contributed by atoms with Crippen molar-refractivity contribution in [2.75, 3.05) is 47.5 Å². The maximum atomic E-state index is 12.8. The molecule has 75 heavy (non-hydrogen) atoms. The van der Waals surface area contributed by atoms with E-state index in [4.69, 9.17) is 18.5 Å². The highest BCUT2D eigenvalue weighted by atomic mass is 31.2. The summed E-state index contributed by atoms with van der Waals surface area (Å²) in [5.74, 6) is -0.799. The molecule has 0 fully saturated rings. The van der Waals surface area contributed by atoms with E-state index in [-0.39, 0.29) is 32.0 Å². The van der Waals surface area contributed by atoms with Crippen LogP contribution in [0.2, 0.25) is 0 Å². The number of phosphoric ester groups is 1. The van der Waals surface area contributed by atoms with Gasteiger partial charge in [0.2, 0.25) is 0 Å². The molecule has 0 aliphatic carbocycles. The van der Waals surface area contributed by atoms with Crippen molar-refractivity contribution in [1.82, 2.24) is 0 Å². The van der Waals surface area contributed by atoms with Crippen molar-refractivity contribution >= 4 is 19.8 Å². The van der Waals surface area contributed by atoms with Crippen LogP contribution in [0.25, 0.3) is 0 Å². The van der Waals surface area contributed by atoms with Crippen LogP contribution >= 0.6 is 7.82 Å². The molecule has 0 radical (unpaired) electrons. The first-order valence-corrected chi connectivity index (χ1v) is 32.0. The number of unbranched alkanes of at least 4 members (excludes halogenated alkanes) is 25. The maximum absolute atomic E-state index is 12.8. The van der Waals surface area contributed by atoms with Gasteiger partial charge in [-0.05, 0) is 77.0 Å². The topological polar surface area (TPSA) is 108 Å². The average Bonchev–Trinajstić information content (AvgIpc) is 3.37. The molecule has 1 N–H and O–H groups in total. The number of likely N-dealkylation sites (N-methyl/N-ethyl adjacent to an activating group) is 1. The van der Waals surface area contributed by atoms with Crippen molar-refractivity contribution < 1.29 is 42.1 Å². The monoisotopic (exact) mass is 1070 g/mol. The number of hydrogen-bond donors (Lipinski definition) is 1. The van der Waals surface area contributed by atoms with E-state index in [1.54, 1.807) is 0 Å². The van der Waals surface area contributed by atoms with Gasteiger partial charge < -0.3 is 18.9 Å². The van der Waals surface area contributed by atoms with Crippen LogP contribution in [0.3, 0.4) is 0 Å². The Hall–Kier alpha value is -3.07. The van der Waals surface area contributed by atoms with Crippen LogP contribution in [0.15, 0.2) is 97.2 Å². The average molecular weight is 1070 g/mol. The van der Waals surface area contributed by atoms with E-state index in [0.717, 1.165) is 96.3 Å². The smallest absolute Gasteiger partial charge is 0.462 e. The highest BCUT2D eigenvalue weighted by molar-refractivity contribution is 7.47. The van der Waals surface area contributed by atoms with Gasteiger partial charge in [0.1, 0.15) is 19.8 Å². The van der Waals surface area contributed by atoms with Crippen molar-refractivity contribution in [3.05, 3.63) is 97.2 Å². The molecule has 0 aromatic rings. The zero-order valence-corrected chi connectivity index (χ0v) is 49.9. The molecule has 0 saturated heterocycles. The quantitative estimate of drug-likeness (QED) is 0.0211. The zero-order valence-electron chi connectivity index (χ0n) is 49.0. The maximum Gasteiger partial charge on any atom is 0.472 e. The summed E-state index contributed by atoms with van der Waals surface area (Å²) in [5, 5.41) is 0. The number of carbonyl (C=O) groups excluding carboxylic acids is 2. The van der Waals surface area contributed by atoms with Crippen molar-refractivity contribution in [2.24, 2.45) is 0 Å². The third-order valence-corrected chi connectivity index (χ3v) is 13.9. The van der Waals surface area contributed by atoms with E-state index in [1.165, 1.54) is 122 Å². The van der Waals surface area contributed by atoms with Crippen LogP contribution in [0, 0.1) is 0 Å². The lowest BCUT2D eigenvalue weighted by Gasteiger charge is -2.24. The predicted octanol–water partition coefficient (Wildman–Crippen LogP) is 19.2. The van der Waals surface area contributed by atoms with Gasteiger partial charge in [-0.1, -0.05) is 259 Å². The van der Waals surface area contributed by atoms with Crippen molar-refractivity contribution in [3.63, 3.8) is 0 Å². The van der Waals surface area contributed by atoms with Gasteiger partial charge in [-0.2, -0.15) is 0 Å². The number of carbonyl (C=O) groups is 2. The fourth-order valence-corrected chi connectivity index (χ4v) is 8.95. The highest BCUT2D eigenvalue weighted by Crippen LogP contribution is 2.43. The largest absolute Gasteiger partial charge is 0.472 e. The van der Waals surface area contributed by atoms with Crippen molar-refractivity contribution in [2.45, 2.75) is 258 Å². The standard InChI is InChI=1S/C65H114NO8P/c1-6-8-10-12-14-16-18-20-22-24-25-26-27-28-29-30-31-32-33-34-35-36-37-38-39-40-41-42-44-46-48-50-52-54-56-58-65(68)74-63(62-73-75(69,70)72-60-59-66(3,4)5)61-71-64(67)57-55-53-51-49-47-45-43-23-21-19-17-15-13-11-9-7-2/h8,10,14,16,20,22,25-26,28-29,31-32,34-35,37-38,63H,6-7,9,11-13,15,17-19,21,23-24,27,30,33,36,39-62H2,1-5H3/p+1/b10-8-,16-14-,22-20-,26-25-,29-28-,32-31-,35-34-,38-37-. The van der Waals surface area contributed by atoms with Gasteiger partial charge in [-0.25, -0.2) is 4.57 Å². The molecule has 432 valence electrons. The summed E-state index contributed by atoms with van der Waals surface area (Å²) in [5.41, 5.74) is 0. The third-order valence-electron chi connectivity index (χ3n) is 12.9. The number of hydrogen-bond acceptors (Lipinski definition) is 7. The van der Waals surface area contributed by atoms with Crippen molar-refractivity contribution in [3.8, 4) is 0 Å². The molecule has 0 spiro atoms. The number of ether oxygens (including phenoxy) is 2. The second-order valence-electron chi connectivity index (χ2n) is 21.4. The Morgan fingerprint density at radius 1 is 0.427 bits per heavy atom. The van der Waals surface area contributed by atoms with Crippen molar-refractivity contribution in [1.29, 1.82) is 0 Å². The zero-order chi connectivity index (χ0) is 54.9. The summed E-state index contributed by atoms with van der Waals surface area (Å²) in [6, 6.07) is 0. The van der Waals surface area contributed by atoms with Crippen LogP contribution in [-0.4, -0.2) is 74.9 Å². The summed E-state index contributed by atoms with van der Waals surface area (Å²) >= 11 is 0. The summed E-state index contributed by atoms with van der Waals surface area (Å²) < 4.78 is 34.6. The van der Waals surface area contributed by atoms with E-state index in [0.29, 0.717) is 17.4 Å². The van der Waals surface area contributed by atoms with Crippen LogP contribution in [0.1, 0.15) is 251 Å². The van der Waals surface area contributed by atoms with Crippen LogP contribution in [-0.2, 0) is 32.7 Å². The Labute approximate surface area is 462 Å². The number of quaternary nitrogens is 1. The second kappa shape index (κ2) is 55.7. The van der Waals surface area contributed by atoms with E-state index in [1.807, 2.05) is 21.1 Å². The minimum absolute atomic E-state index is 0.0284. The normalized spacial score (nSPS) is 13.9. The SMILES string of the molecule is CC/C=C\C/C=C\C/C=C\C/C=C\C/C=C\C/C=C\C/C=C\C/C=C\CCCCCCCCCCCCC(=O)OC(COC(=O)CCCCCCCCCCCCCCCCCC)COP(=O)(O)OCC[N+](C)(C)C. The molecule has 0 aromatic heterocycles. The molecule has 0 bridgehead atoms. The first-order chi connectivity index (χ1) is 36.5. The Kier molecular flexibility index (Phi) is 53.4. The molecule has 0 amide bonds. The fourth-order valence-electron chi connectivity index (χ4n) is 8.21. The first kappa shape index (κ1) is 71.9. The lowest BCUT2D eigenvalue weighted by Crippen LogP contribution is -2.37. The number of phosphoric acid groups is 1. The van der Waals surface area contributed by atoms with Crippen LogP contribution in [0.5, 0.6) is 0 Å². The lowest BCUT2D eigenvalue weighted by molar-refractivity contribution is -0.870. The fraction of sp³-hybridized carbons (Fsp3) is 0.723. The molecule has 0 saturated carbocycles. The molecular formula is C65H115NO8P+. The Morgan fingerprint density at radius 3 is 1.13 bits per heavy atom. The van der Waals surface area contributed by atoms with Gasteiger partial charge >= 0.3 is 19.8 Å². The first-order valence-electron chi connectivity index (χ1n) is 30.5. The summed E-state index contributed by atoms with van der Waals surface area (Å²) in [6.45, 7) is 4.33. The van der Waals surface area contributed by atoms with Gasteiger partial charge in [-0.3, -0.25) is 18.6 Å². The second-order valence-corrected chi connectivity index (χ2v) is 22.8. The molecule has 0 aliphatic rings. The van der Waals surface area contributed by atoms with Gasteiger partial charge in [-0.15, -0.1) is 0 Å². The van der Waals surface area contributed by atoms with Crippen LogP contribution < -0.4 is 0 Å². The van der Waals surface area contributed by atoms with Gasteiger partial charge in [0, 0.05) is 12.8 Å². The summed E-state index contributed by atoms with van der Waals surface area (Å²) in [4.78, 5) is 35.7. The number of esters is 2. The van der Waals surface area contributed by atoms with E-state index in [2.05, 4.69) is 111 Å². The lowest BCUT2D eigenvalue weighted by atomic mass is 10.0. The highest BCUT2D eigenvalue weighted by Gasteiger charge is 2.27. The van der Waals surface area contributed by atoms with E-state index >= 15 is 0 Å². The molecule has 9 nitrogen and oxygen atoms in total. The van der Waals surface area contributed by atoms with Gasteiger partial charge in [0.15, 0.2) is 6.10 Å². The Morgan fingerprint density at radius 2 is 0.760 bits per heavy atom. The molecule has 0 aromatic carbocycles. The van der Waals surface area contributed by atoms with Gasteiger partial charge in [0.25, 0.3) is 0 Å². The minimum atomic E-state index is -4.39. The van der Waals surface area contributed by atoms with Gasteiger partial charge in [0.05, 0.1) is 27.7 Å². The Bertz CT molecular complexity index is 1590. The molecule has 0 aliphatic heterocycles. The van der Waals surface area contributed by atoms with Crippen LogP contribution in [0.4, 0.5) is 0 Å². The number of rotatable bonds is 55. The molecule has 2 atom stereocenters. The Balaban J connectivity index is 4.12. The number of nitrogens with zero attached hydrogens (tertiary/aromatic N) is 1. The third kappa shape index (κ3) is 60.0. The molecule has 2 unspecified atom stereocenters. The number of allylic oxidation sites excluding steroid dienone is 16. The molecule has 10 heteroatoms. The van der Waals surface area contributed by atoms with E-state index < -0.39 is 26.5 Å². The molecular weight excluding hydrogens is 954 g/mol. The van der Waals surface area contributed by atoms with E-state index in [9.17, 15) is 19.0 Å². The summed E-state index contributed by atoms with van der Waals surface area (Å²) in [6.07, 6.45) is 76.2. The molecule has 0 rings (SSSR count). The molecule has 0 heterocycles.